The zero-order valence-electron chi connectivity index (χ0n) is 14.2. The lowest BCUT2D eigenvalue weighted by molar-refractivity contribution is -0.113. The van der Waals surface area contributed by atoms with E-state index in [-0.39, 0.29) is 5.91 Å². The van der Waals surface area contributed by atoms with Gasteiger partial charge < -0.3 is 9.73 Å². The van der Waals surface area contributed by atoms with E-state index in [0.29, 0.717) is 16.7 Å². The van der Waals surface area contributed by atoms with Crippen LogP contribution in [0, 0.1) is 0 Å². The molecule has 0 aliphatic heterocycles. The number of hydrogen-bond donors (Lipinski definition) is 1. The van der Waals surface area contributed by atoms with Crippen LogP contribution in [0.4, 0.5) is 5.69 Å². The molecule has 4 rings (SSSR count). The molecule has 1 aromatic heterocycles. The largest absolute Gasteiger partial charge is 0.436 e. The van der Waals surface area contributed by atoms with Crippen LogP contribution in [0.25, 0.3) is 22.6 Å². The number of carbonyl (C=O) groups excluding carboxylic acids is 1. The molecule has 1 heterocycles. The molecule has 0 aliphatic carbocycles. The van der Waals surface area contributed by atoms with Gasteiger partial charge in [-0.3, -0.25) is 4.79 Å². The highest BCUT2D eigenvalue weighted by Gasteiger charge is 2.09. The quantitative estimate of drug-likeness (QED) is 0.429. The maximum atomic E-state index is 12.1. The molecule has 27 heavy (non-hydrogen) atoms. The monoisotopic (exact) mass is 394 g/mol. The number of carbonyl (C=O) groups is 1. The van der Waals surface area contributed by atoms with E-state index >= 15 is 0 Å². The maximum Gasteiger partial charge on any atom is 0.234 e. The SMILES string of the molecule is O=C(CSc1ccc(Cl)cc1)Nc1ccc(-c2nc3ccccc3o2)cc1. The molecule has 3 aromatic carbocycles. The first-order valence-corrected chi connectivity index (χ1v) is 9.68. The highest BCUT2D eigenvalue weighted by Crippen LogP contribution is 2.25. The summed E-state index contributed by atoms with van der Waals surface area (Å²) in [4.78, 5) is 17.6. The van der Waals surface area contributed by atoms with Crippen molar-refractivity contribution in [3.63, 3.8) is 0 Å². The summed E-state index contributed by atoms with van der Waals surface area (Å²) in [5.74, 6) is 0.825. The van der Waals surface area contributed by atoms with Crippen LogP contribution in [0.2, 0.25) is 5.02 Å². The van der Waals surface area contributed by atoms with Crippen molar-refractivity contribution >= 4 is 46.1 Å². The van der Waals surface area contributed by atoms with Gasteiger partial charge in [-0.2, -0.15) is 0 Å². The molecular weight excluding hydrogens is 380 g/mol. The van der Waals surface area contributed by atoms with Crippen molar-refractivity contribution in [2.24, 2.45) is 0 Å². The standard InChI is InChI=1S/C21H15ClN2O2S/c22-15-7-11-17(12-8-15)27-13-20(25)23-16-9-5-14(6-10-16)21-24-18-3-1-2-4-19(18)26-21/h1-12H,13H2,(H,23,25). The first-order valence-electron chi connectivity index (χ1n) is 8.32. The predicted octanol–water partition coefficient (Wildman–Crippen LogP) is 5.88. The number of anilines is 1. The van der Waals surface area contributed by atoms with Gasteiger partial charge in [-0.05, 0) is 60.7 Å². The van der Waals surface area contributed by atoms with Crippen LogP contribution in [-0.2, 0) is 4.79 Å². The van der Waals surface area contributed by atoms with E-state index in [1.165, 1.54) is 11.8 Å². The van der Waals surface area contributed by atoms with E-state index in [9.17, 15) is 4.79 Å². The molecule has 134 valence electrons. The molecule has 0 spiro atoms. The van der Waals surface area contributed by atoms with E-state index in [1.54, 1.807) is 0 Å². The Kier molecular flexibility index (Phi) is 5.14. The second kappa shape index (κ2) is 7.86. The van der Waals surface area contributed by atoms with Gasteiger partial charge in [0.15, 0.2) is 5.58 Å². The highest BCUT2D eigenvalue weighted by atomic mass is 35.5. The third-order valence-electron chi connectivity index (χ3n) is 3.89. The van der Waals surface area contributed by atoms with Gasteiger partial charge >= 0.3 is 0 Å². The van der Waals surface area contributed by atoms with Crippen LogP contribution in [0.15, 0.2) is 82.1 Å². The number of oxazole rings is 1. The van der Waals surface area contributed by atoms with Crippen molar-refractivity contribution in [2.75, 3.05) is 11.1 Å². The lowest BCUT2D eigenvalue weighted by Crippen LogP contribution is -2.13. The van der Waals surface area contributed by atoms with E-state index in [1.807, 2.05) is 72.8 Å². The maximum absolute atomic E-state index is 12.1. The molecule has 0 aliphatic rings. The van der Waals surface area contributed by atoms with Crippen molar-refractivity contribution in [1.82, 2.24) is 4.98 Å². The van der Waals surface area contributed by atoms with Crippen molar-refractivity contribution in [1.29, 1.82) is 0 Å². The molecule has 0 unspecified atom stereocenters. The van der Waals surface area contributed by atoms with E-state index in [4.69, 9.17) is 16.0 Å². The molecule has 0 saturated carbocycles. The van der Waals surface area contributed by atoms with Crippen LogP contribution in [0.3, 0.4) is 0 Å². The number of nitrogens with zero attached hydrogens (tertiary/aromatic N) is 1. The van der Waals surface area contributed by atoms with E-state index in [2.05, 4.69) is 10.3 Å². The Morgan fingerprint density at radius 1 is 1.00 bits per heavy atom. The average Bonchev–Trinajstić information content (AvgIpc) is 3.12. The van der Waals surface area contributed by atoms with Crippen molar-refractivity contribution in [2.45, 2.75) is 4.90 Å². The van der Waals surface area contributed by atoms with Gasteiger partial charge in [0.1, 0.15) is 5.52 Å². The smallest absolute Gasteiger partial charge is 0.234 e. The number of para-hydroxylation sites is 2. The number of fused-ring (bicyclic) bond motifs is 1. The van der Waals surface area contributed by atoms with E-state index in [0.717, 1.165) is 27.2 Å². The van der Waals surface area contributed by atoms with Crippen LogP contribution in [0.5, 0.6) is 0 Å². The van der Waals surface area contributed by atoms with Gasteiger partial charge in [-0.25, -0.2) is 4.98 Å². The van der Waals surface area contributed by atoms with Crippen LogP contribution < -0.4 is 5.32 Å². The molecular formula is C21H15ClN2O2S. The van der Waals surface area contributed by atoms with Crippen molar-refractivity contribution in [3.05, 3.63) is 77.8 Å². The molecule has 0 radical (unpaired) electrons. The van der Waals surface area contributed by atoms with E-state index < -0.39 is 0 Å². The second-order valence-electron chi connectivity index (χ2n) is 5.85. The predicted molar refractivity (Wildman–Crippen MR) is 110 cm³/mol. The van der Waals surface area contributed by atoms with Gasteiger partial charge in [-0.1, -0.05) is 23.7 Å². The molecule has 6 heteroatoms. The second-order valence-corrected chi connectivity index (χ2v) is 7.34. The molecule has 0 atom stereocenters. The van der Waals surface area contributed by atoms with Crippen molar-refractivity contribution in [3.8, 4) is 11.5 Å². The fraction of sp³-hybridized carbons (Fsp3) is 0.0476. The Labute approximate surface area is 165 Å². The van der Waals surface area contributed by atoms with Gasteiger partial charge in [0, 0.05) is 21.2 Å². The van der Waals surface area contributed by atoms with Crippen LogP contribution in [-0.4, -0.2) is 16.6 Å². The molecule has 0 bridgehead atoms. The van der Waals surface area contributed by atoms with Crippen molar-refractivity contribution < 1.29 is 9.21 Å². The number of hydrogen-bond acceptors (Lipinski definition) is 4. The molecule has 1 amide bonds. The van der Waals surface area contributed by atoms with Gasteiger partial charge in [-0.15, -0.1) is 11.8 Å². The number of thioether (sulfide) groups is 1. The van der Waals surface area contributed by atoms with Crippen LogP contribution in [0.1, 0.15) is 0 Å². The zero-order chi connectivity index (χ0) is 18.6. The molecule has 4 nitrogen and oxygen atoms in total. The molecule has 1 N–H and O–H groups in total. The Hall–Kier alpha value is -2.76. The number of nitrogens with one attached hydrogen (secondary N) is 1. The Morgan fingerprint density at radius 2 is 1.74 bits per heavy atom. The number of amides is 1. The van der Waals surface area contributed by atoms with Gasteiger partial charge in [0.25, 0.3) is 0 Å². The molecule has 0 saturated heterocycles. The topological polar surface area (TPSA) is 55.1 Å². The fourth-order valence-electron chi connectivity index (χ4n) is 2.57. The Morgan fingerprint density at radius 3 is 2.48 bits per heavy atom. The molecule has 4 aromatic rings. The minimum atomic E-state index is -0.0652. The minimum Gasteiger partial charge on any atom is -0.436 e. The lowest BCUT2D eigenvalue weighted by Gasteiger charge is -2.06. The van der Waals surface area contributed by atoms with Crippen LogP contribution >= 0.6 is 23.4 Å². The summed E-state index contributed by atoms with van der Waals surface area (Å²) in [7, 11) is 0. The summed E-state index contributed by atoms with van der Waals surface area (Å²) in [5.41, 5.74) is 3.17. The van der Waals surface area contributed by atoms with Gasteiger partial charge in [0.2, 0.25) is 11.8 Å². The average molecular weight is 395 g/mol. The summed E-state index contributed by atoms with van der Waals surface area (Å²) in [6.45, 7) is 0. The summed E-state index contributed by atoms with van der Waals surface area (Å²) >= 11 is 7.33. The summed E-state index contributed by atoms with van der Waals surface area (Å²) in [5, 5.41) is 3.58. The Bertz CT molecular complexity index is 1040. The number of halogens is 1. The first kappa shape index (κ1) is 17.6. The summed E-state index contributed by atoms with van der Waals surface area (Å²) in [6, 6.07) is 22.5. The lowest BCUT2D eigenvalue weighted by atomic mass is 10.2. The number of aromatic nitrogens is 1. The third kappa shape index (κ3) is 4.32. The minimum absolute atomic E-state index is 0.0652. The third-order valence-corrected chi connectivity index (χ3v) is 5.16. The van der Waals surface area contributed by atoms with Gasteiger partial charge in [0.05, 0.1) is 5.75 Å². The fourth-order valence-corrected chi connectivity index (χ4v) is 3.39. The highest BCUT2D eigenvalue weighted by molar-refractivity contribution is 8.00. The zero-order valence-corrected chi connectivity index (χ0v) is 15.8. The first-order chi connectivity index (χ1) is 13.2. The number of benzene rings is 3. The summed E-state index contributed by atoms with van der Waals surface area (Å²) < 4.78 is 5.76. The normalized spacial score (nSPS) is 10.9. The summed E-state index contributed by atoms with van der Waals surface area (Å²) in [6.07, 6.45) is 0. The number of rotatable bonds is 5. The Balaban J connectivity index is 1.38. The molecule has 0 fully saturated rings.